The summed E-state index contributed by atoms with van der Waals surface area (Å²) < 4.78 is 16.4. The van der Waals surface area contributed by atoms with Crippen LogP contribution in [0.5, 0.6) is 5.75 Å². The van der Waals surface area contributed by atoms with Crippen molar-refractivity contribution in [2.75, 3.05) is 0 Å². The zero-order valence-corrected chi connectivity index (χ0v) is 9.79. The van der Waals surface area contributed by atoms with E-state index in [1.165, 1.54) is 12.1 Å². The van der Waals surface area contributed by atoms with Crippen LogP contribution in [0.3, 0.4) is 0 Å². The highest BCUT2D eigenvalue weighted by atomic mass is 31.2. The van der Waals surface area contributed by atoms with Crippen LogP contribution in [0.15, 0.2) is 60.7 Å². The maximum Gasteiger partial charge on any atom is 0.396 e. The lowest BCUT2D eigenvalue weighted by Crippen LogP contribution is -2.08. The lowest BCUT2D eigenvalue weighted by atomic mass is 10.3. The van der Waals surface area contributed by atoms with Gasteiger partial charge in [0.15, 0.2) is 5.75 Å². The fraction of sp³-hybridized carbons (Fsp3) is 0. The Morgan fingerprint density at radius 2 is 1.41 bits per heavy atom. The van der Waals surface area contributed by atoms with Crippen LogP contribution in [0.25, 0.3) is 0 Å². The van der Waals surface area contributed by atoms with Crippen molar-refractivity contribution in [1.82, 2.24) is 0 Å². The molecular weight excluding hydrogens is 239 g/mol. The van der Waals surface area contributed by atoms with Crippen LogP contribution in [0.4, 0.5) is 0 Å². The highest BCUT2D eigenvalue weighted by Gasteiger charge is 2.24. The van der Waals surface area contributed by atoms with E-state index in [4.69, 9.17) is 4.89 Å². The summed E-state index contributed by atoms with van der Waals surface area (Å²) in [5.41, 5.74) is 0. The van der Waals surface area contributed by atoms with Crippen LogP contribution < -0.4 is 10.2 Å². The van der Waals surface area contributed by atoms with Crippen LogP contribution in [-0.2, 0) is 9.24 Å². The summed E-state index contributed by atoms with van der Waals surface area (Å²) in [5.74, 6) is 0.373. The second-order valence-corrected chi connectivity index (χ2v) is 5.03. The molecule has 0 heterocycles. The minimum absolute atomic E-state index is 0.191. The van der Waals surface area contributed by atoms with Gasteiger partial charge < -0.3 is 9.78 Å². The lowest BCUT2D eigenvalue weighted by molar-refractivity contribution is -0.106. The van der Waals surface area contributed by atoms with Crippen molar-refractivity contribution in [2.45, 2.75) is 0 Å². The van der Waals surface area contributed by atoms with E-state index < -0.39 is 7.60 Å². The summed E-state index contributed by atoms with van der Waals surface area (Å²) in [4.78, 5) is 14.5. The first-order valence-electron chi connectivity index (χ1n) is 4.98. The molecule has 88 valence electrons. The van der Waals surface area contributed by atoms with E-state index in [9.17, 15) is 9.46 Å². The van der Waals surface area contributed by atoms with Crippen molar-refractivity contribution in [1.29, 1.82) is 0 Å². The van der Waals surface area contributed by atoms with Gasteiger partial charge >= 0.3 is 7.60 Å². The Morgan fingerprint density at radius 3 is 2.00 bits per heavy atom. The Bertz CT molecular complexity index is 513. The van der Waals surface area contributed by atoms with Crippen molar-refractivity contribution in [3.8, 4) is 5.75 Å². The van der Waals surface area contributed by atoms with Gasteiger partial charge in [-0.1, -0.05) is 41.1 Å². The number of para-hydroxylation sites is 1. The van der Waals surface area contributed by atoms with Crippen LogP contribution in [0.2, 0.25) is 0 Å². The zero-order chi connectivity index (χ0) is 12.1. The molecule has 1 unspecified atom stereocenters. The predicted octanol–water partition coefficient (Wildman–Crippen LogP) is 2.51. The molecule has 0 saturated carbocycles. The summed E-state index contributed by atoms with van der Waals surface area (Å²) in [6.07, 6.45) is 0. The molecule has 1 N–H and O–H groups in total. The number of hydrogen-bond acceptors (Lipinski definition) is 3. The monoisotopic (exact) mass is 250 g/mol. The van der Waals surface area contributed by atoms with Crippen LogP contribution in [0, 0.1) is 0 Å². The maximum absolute atomic E-state index is 11.8. The molecule has 0 bridgehead atoms. The van der Waals surface area contributed by atoms with Gasteiger partial charge in [-0.25, -0.2) is 0 Å². The van der Waals surface area contributed by atoms with Crippen LogP contribution in [-0.4, -0.2) is 4.89 Å². The average Bonchev–Trinajstić information content (AvgIpc) is 2.39. The quantitative estimate of drug-likeness (QED) is 0.514. The molecule has 17 heavy (non-hydrogen) atoms. The molecular formula is C12H11O4P. The third-order valence-corrected chi connectivity index (χ3v) is 3.29. The second kappa shape index (κ2) is 5.15. The van der Waals surface area contributed by atoms with Gasteiger partial charge in [0.05, 0.1) is 5.30 Å². The first-order valence-corrected chi connectivity index (χ1v) is 6.56. The lowest BCUT2D eigenvalue weighted by Gasteiger charge is -2.10. The molecule has 0 aromatic heterocycles. The molecule has 0 radical (unpaired) electrons. The van der Waals surface area contributed by atoms with Gasteiger partial charge in [0.1, 0.15) is 0 Å². The Kier molecular flexibility index (Phi) is 3.59. The summed E-state index contributed by atoms with van der Waals surface area (Å²) in [5, 5.41) is 0.191. The van der Waals surface area contributed by atoms with E-state index in [1.54, 1.807) is 42.5 Å². The molecule has 0 fully saturated rings. The van der Waals surface area contributed by atoms with E-state index >= 15 is 0 Å². The van der Waals surface area contributed by atoms with E-state index in [1.807, 2.05) is 6.07 Å². The van der Waals surface area contributed by atoms with Crippen LogP contribution >= 0.6 is 7.60 Å². The Labute approximate surface area is 98.9 Å². The summed E-state index contributed by atoms with van der Waals surface area (Å²) in [6, 6.07) is 16.6. The molecule has 2 aromatic carbocycles. The molecule has 0 saturated heterocycles. The van der Waals surface area contributed by atoms with Crippen molar-refractivity contribution in [3.63, 3.8) is 0 Å². The number of rotatable bonds is 4. The standard InChI is InChI=1S/C12H11O4P/c13-17(14,12-9-5-2-6-10-12)16-15-11-7-3-1-4-8-11/h1-10H,(H,13,14). The normalized spacial score (nSPS) is 13.9. The molecule has 4 nitrogen and oxygen atoms in total. The van der Waals surface area contributed by atoms with Gasteiger partial charge in [0.2, 0.25) is 0 Å². The third kappa shape index (κ3) is 3.17. The zero-order valence-electron chi connectivity index (χ0n) is 8.89. The van der Waals surface area contributed by atoms with Gasteiger partial charge in [0.25, 0.3) is 0 Å². The summed E-state index contributed by atoms with van der Waals surface area (Å²) >= 11 is 0. The molecule has 2 aromatic rings. The molecule has 0 aliphatic heterocycles. The number of hydrogen-bond donors (Lipinski definition) is 1. The van der Waals surface area contributed by atoms with Crippen molar-refractivity contribution in [3.05, 3.63) is 60.7 Å². The molecule has 5 heteroatoms. The van der Waals surface area contributed by atoms with Gasteiger partial charge in [-0.05, 0) is 24.3 Å². The summed E-state index contributed by atoms with van der Waals surface area (Å²) in [7, 11) is -3.93. The first-order chi connectivity index (χ1) is 8.18. The fourth-order valence-electron chi connectivity index (χ4n) is 1.23. The van der Waals surface area contributed by atoms with E-state index in [0.29, 0.717) is 5.75 Å². The smallest absolute Gasteiger partial charge is 0.329 e. The Balaban J connectivity index is 2.06. The van der Waals surface area contributed by atoms with Gasteiger partial charge in [-0.15, -0.1) is 0 Å². The molecule has 0 amide bonds. The first kappa shape index (κ1) is 11.9. The SMILES string of the molecule is O=P(O)(OOc1ccccc1)c1ccccc1. The fourth-order valence-corrected chi connectivity index (χ4v) is 2.05. The Morgan fingerprint density at radius 1 is 0.882 bits per heavy atom. The topological polar surface area (TPSA) is 55.8 Å². The van der Waals surface area contributed by atoms with Gasteiger partial charge in [-0.2, -0.15) is 0 Å². The highest BCUT2D eigenvalue weighted by molar-refractivity contribution is 7.61. The molecule has 0 spiro atoms. The van der Waals surface area contributed by atoms with Crippen molar-refractivity contribution in [2.24, 2.45) is 0 Å². The van der Waals surface area contributed by atoms with E-state index in [0.717, 1.165) is 0 Å². The minimum atomic E-state index is -3.93. The predicted molar refractivity (Wildman–Crippen MR) is 64.1 cm³/mol. The third-order valence-electron chi connectivity index (χ3n) is 2.06. The summed E-state index contributed by atoms with van der Waals surface area (Å²) in [6.45, 7) is 0. The van der Waals surface area contributed by atoms with Gasteiger partial charge in [-0.3, -0.25) is 4.57 Å². The number of benzene rings is 2. The maximum atomic E-state index is 11.8. The molecule has 0 aliphatic rings. The second-order valence-electron chi connectivity index (χ2n) is 3.33. The average molecular weight is 250 g/mol. The van der Waals surface area contributed by atoms with E-state index in [2.05, 4.69) is 4.67 Å². The largest absolute Gasteiger partial charge is 0.396 e. The highest BCUT2D eigenvalue weighted by Crippen LogP contribution is 2.40. The van der Waals surface area contributed by atoms with E-state index in [-0.39, 0.29) is 5.30 Å². The van der Waals surface area contributed by atoms with Crippen molar-refractivity contribution >= 4 is 12.9 Å². The molecule has 0 aliphatic carbocycles. The Hall–Kier alpha value is -1.61. The molecule has 1 atom stereocenters. The molecule has 2 rings (SSSR count). The van der Waals surface area contributed by atoms with Crippen LogP contribution in [0.1, 0.15) is 0 Å². The van der Waals surface area contributed by atoms with Crippen molar-refractivity contribution < 1.29 is 19.0 Å². The minimum Gasteiger partial charge on any atom is -0.329 e. The van der Waals surface area contributed by atoms with Gasteiger partial charge in [0, 0.05) is 0 Å².